The van der Waals surface area contributed by atoms with Gasteiger partial charge in [0.15, 0.2) is 6.61 Å². The van der Waals surface area contributed by atoms with E-state index in [9.17, 15) is 22.4 Å². The molecule has 0 aliphatic carbocycles. The van der Waals surface area contributed by atoms with Gasteiger partial charge in [-0.25, -0.2) is 17.6 Å². The molecule has 1 fully saturated rings. The Labute approximate surface area is 190 Å². The maximum Gasteiger partial charge on any atom is 0.331 e. The van der Waals surface area contributed by atoms with E-state index in [0.717, 1.165) is 0 Å². The molecule has 2 aromatic carbocycles. The van der Waals surface area contributed by atoms with Gasteiger partial charge in [-0.1, -0.05) is 24.3 Å². The minimum atomic E-state index is -3.71. The van der Waals surface area contributed by atoms with Crippen LogP contribution in [0.25, 0.3) is 0 Å². The van der Waals surface area contributed by atoms with Gasteiger partial charge in [0.05, 0.1) is 10.6 Å². The van der Waals surface area contributed by atoms with Crippen molar-refractivity contribution in [3.63, 3.8) is 0 Å². The van der Waals surface area contributed by atoms with Crippen LogP contribution >= 0.6 is 0 Å². The van der Waals surface area contributed by atoms with Gasteiger partial charge in [-0.05, 0) is 31.2 Å². The Morgan fingerprint density at radius 1 is 1.09 bits per heavy atom. The molecule has 0 radical (unpaired) electrons. The van der Waals surface area contributed by atoms with Gasteiger partial charge >= 0.3 is 5.97 Å². The van der Waals surface area contributed by atoms with Crippen LogP contribution in [0.4, 0.5) is 10.1 Å². The summed E-state index contributed by atoms with van der Waals surface area (Å²) < 4.78 is 45.7. The minimum Gasteiger partial charge on any atom is -0.454 e. The summed E-state index contributed by atoms with van der Waals surface area (Å²) in [5, 5.41) is 0. The summed E-state index contributed by atoms with van der Waals surface area (Å²) in [6, 6.07) is 11.8. The highest BCUT2D eigenvalue weighted by Crippen LogP contribution is 2.23. The van der Waals surface area contributed by atoms with Crippen LogP contribution in [0, 0.1) is 5.82 Å². The average molecular weight is 475 g/mol. The third-order valence-electron chi connectivity index (χ3n) is 5.49. The van der Waals surface area contributed by atoms with Crippen molar-refractivity contribution in [1.82, 2.24) is 9.62 Å². The van der Waals surface area contributed by atoms with Crippen LogP contribution in [-0.2, 0) is 24.3 Å². The lowest BCUT2D eigenvalue weighted by Gasteiger charge is -2.36. The van der Waals surface area contributed by atoms with Gasteiger partial charge in [-0.2, -0.15) is 0 Å². The number of nitrogens with one attached hydrogen (secondary N) is 1. The molecule has 0 saturated carbocycles. The van der Waals surface area contributed by atoms with Crippen LogP contribution in [0.2, 0.25) is 0 Å². The monoisotopic (exact) mass is 474 g/mol. The molecule has 2 aliphatic rings. The highest BCUT2D eigenvalue weighted by atomic mass is 32.2. The zero-order valence-corrected chi connectivity index (χ0v) is 18.7. The Bertz CT molecular complexity index is 1210. The Balaban J connectivity index is 1.30. The average Bonchev–Trinajstić information content (AvgIpc) is 3.07. The van der Waals surface area contributed by atoms with E-state index in [0.29, 0.717) is 37.4 Å². The fourth-order valence-corrected chi connectivity index (χ4v) is 4.96. The molecule has 33 heavy (non-hydrogen) atoms. The van der Waals surface area contributed by atoms with Crippen LogP contribution in [0.15, 0.2) is 58.4 Å². The van der Waals surface area contributed by atoms with Crippen molar-refractivity contribution in [2.75, 3.05) is 37.7 Å². The topological polar surface area (TPSA) is 108 Å². The van der Waals surface area contributed by atoms with Gasteiger partial charge in [0.25, 0.3) is 15.9 Å². The van der Waals surface area contributed by atoms with E-state index >= 15 is 0 Å². The number of ether oxygens (including phenoxy) is 1. The summed E-state index contributed by atoms with van der Waals surface area (Å²) in [6.07, 6.45) is 0. The van der Waals surface area contributed by atoms with Crippen molar-refractivity contribution in [3.05, 3.63) is 59.9 Å². The first-order valence-corrected chi connectivity index (χ1v) is 11.9. The van der Waals surface area contributed by atoms with E-state index in [-0.39, 0.29) is 22.5 Å². The van der Waals surface area contributed by atoms with Crippen molar-refractivity contribution in [1.29, 1.82) is 0 Å². The Kier molecular flexibility index (Phi) is 6.32. The number of esters is 1. The summed E-state index contributed by atoms with van der Waals surface area (Å²) in [5.74, 6) is -1.35. The van der Waals surface area contributed by atoms with Crippen molar-refractivity contribution in [3.8, 4) is 0 Å². The molecule has 174 valence electrons. The number of carbonyl (C=O) groups excluding carboxylic acids is 2. The summed E-state index contributed by atoms with van der Waals surface area (Å²) in [4.78, 5) is 32.5. The smallest absolute Gasteiger partial charge is 0.331 e. The highest BCUT2D eigenvalue weighted by Gasteiger charge is 2.31. The molecule has 1 amide bonds. The van der Waals surface area contributed by atoms with Crippen molar-refractivity contribution < 1.29 is 27.1 Å². The largest absolute Gasteiger partial charge is 0.454 e. The van der Waals surface area contributed by atoms with Gasteiger partial charge in [-0.3, -0.25) is 14.5 Å². The fraction of sp³-hybridized carbons (Fsp3) is 0.318. The third kappa shape index (κ3) is 4.82. The number of sulfonamides is 1. The van der Waals surface area contributed by atoms with E-state index in [1.54, 1.807) is 41.3 Å². The predicted molar refractivity (Wildman–Crippen MR) is 119 cm³/mol. The summed E-state index contributed by atoms with van der Waals surface area (Å²) in [5.41, 5.74) is 0.869. The number of hydrogen-bond donors (Lipinski definition) is 1. The van der Waals surface area contributed by atoms with E-state index < -0.39 is 28.6 Å². The molecular formula is C22H23FN4O5S. The number of amidine groups is 1. The fourth-order valence-electron chi connectivity index (χ4n) is 3.73. The number of nitrogens with zero attached hydrogens (tertiary/aromatic N) is 3. The second kappa shape index (κ2) is 9.18. The normalized spacial score (nSPS) is 19.0. The molecule has 1 N–H and O–H groups in total. The number of anilines is 1. The first-order valence-electron chi connectivity index (χ1n) is 10.4. The van der Waals surface area contributed by atoms with E-state index in [2.05, 4.69) is 9.71 Å². The number of benzene rings is 2. The maximum absolute atomic E-state index is 14.0. The summed E-state index contributed by atoms with van der Waals surface area (Å²) >= 11 is 0. The highest BCUT2D eigenvalue weighted by molar-refractivity contribution is 7.90. The van der Waals surface area contributed by atoms with E-state index in [4.69, 9.17) is 4.74 Å². The second-order valence-electron chi connectivity index (χ2n) is 7.68. The van der Waals surface area contributed by atoms with E-state index in [1.807, 2.05) is 4.90 Å². The number of piperazine rings is 1. The van der Waals surface area contributed by atoms with Gasteiger partial charge < -0.3 is 14.5 Å². The van der Waals surface area contributed by atoms with Crippen molar-refractivity contribution >= 4 is 33.4 Å². The number of fused-ring (bicyclic) bond motifs is 1. The molecule has 9 nitrogen and oxygen atoms in total. The van der Waals surface area contributed by atoms with Crippen molar-refractivity contribution in [2.24, 2.45) is 4.99 Å². The quantitative estimate of drug-likeness (QED) is 0.652. The number of para-hydroxylation sites is 1. The minimum absolute atomic E-state index is 0.0608. The van der Waals surface area contributed by atoms with Gasteiger partial charge in [0.2, 0.25) is 0 Å². The predicted octanol–water partition coefficient (Wildman–Crippen LogP) is 1.14. The molecule has 2 aliphatic heterocycles. The van der Waals surface area contributed by atoms with Crippen LogP contribution < -0.4 is 9.62 Å². The standard InChI is InChI=1S/C22H23FN4O5S/c1-15(24-21-16-6-2-5-9-19(16)33(30,31)25-21)22(29)32-14-20(28)27-12-10-26(11-13-27)18-8-4-3-7-17(18)23/h2-9,15H,10-14H2,1H3,(H,24,25)/t15-/m0/s1. The van der Waals surface area contributed by atoms with E-state index in [1.165, 1.54) is 19.1 Å². The number of aliphatic imine (C=N–C) groups is 1. The van der Waals surface area contributed by atoms with Crippen LogP contribution in [0.5, 0.6) is 0 Å². The Hall–Kier alpha value is -3.47. The molecule has 2 heterocycles. The SMILES string of the molecule is C[C@H](N=C1NS(=O)(=O)c2ccccc21)C(=O)OCC(=O)N1CCN(c2ccccc2F)CC1. The Morgan fingerprint density at radius 3 is 2.48 bits per heavy atom. The molecule has 0 unspecified atom stereocenters. The zero-order chi connectivity index (χ0) is 23.6. The number of rotatable bonds is 5. The lowest BCUT2D eigenvalue weighted by atomic mass is 10.2. The summed E-state index contributed by atoms with van der Waals surface area (Å²) in [6.45, 7) is 2.69. The molecule has 0 spiro atoms. The van der Waals surface area contributed by atoms with Crippen LogP contribution in [0.3, 0.4) is 0 Å². The molecule has 1 atom stereocenters. The van der Waals surface area contributed by atoms with Crippen molar-refractivity contribution in [2.45, 2.75) is 17.9 Å². The molecule has 0 aromatic heterocycles. The lowest BCUT2D eigenvalue weighted by Crippen LogP contribution is -2.50. The van der Waals surface area contributed by atoms with Gasteiger partial charge in [0.1, 0.15) is 17.7 Å². The number of amides is 1. The van der Waals surface area contributed by atoms with Crippen LogP contribution in [0.1, 0.15) is 12.5 Å². The van der Waals surface area contributed by atoms with Crippen LogP contribution in [-0.4, -0.2) is 69.9 Å². The lowest BCUT2D eigenvalue weighted by molar-refractivity contribution is -0.152. The Morgan fingerprint density at radius 2 is 1.76 bits per heavy atom. The molecule has 4 rings (SSSR count). The molecular weight excluding hydrogens is 451 g/mol. The number of carbonyl (C=O) groups is 2. The van der Waals surface area contributed by atoms with Gasteiger partial charge in [0, 0.05) is 31.7 Å². The molecule has 0 bridgehead atoms. The molecule has 1 saturated heterocycles. The number of hydrogen-bond acceptors (Lipinski definition) is 7. The van der Waals surface area contributed by atoms with Gasteiger partial charge in [-0.15, -0.1) is 0 Å². The third-order valence-corrected chi connectivity index (χ3v) is 6.89. The second-order valence-corrected chi connectivity index (χ2v) is 9.33. The maximum atomic E-state index is 14.0. The molecule has 11 heteroatoms. The first kappa shape index (κ1) is 22.7. The number of halogens is 1. The summed E-state index contributed by atoms with van der Waals surface area (Å²) in [7, 11) is -3.71. The molecule has 2 aromatic rings. The zero-order valence-electron chi connectivity index (χ0n) is 17.9. The first-order chi connectivity index (χ1) is 15.8.